The maximum absolute atomic E-state index is 13.1. The van der Waals surface area contributed by atoms with Crippen LogP contribution in [0.4, 0.5) is 0 Å². The average Bonchev–Trinajstić information content (AvgIpc) is 2.97. The summed E-state index contributed by atoms with van der Waals surface area (Å²) in [5.74, 6) is 1.39. The zero-order valence-corrected chi connectivity index (χ0v) is 14.8. The minimum atomic E-state index is -1.21. The van der Waals surface area contributed by atoms with Crippen LogP contribution < -0.4 is 0 Å². The zero-order valence-electron chi connectivity index (χ0n) is 14.0. The quantitative estimate of drug-likeness (QED) is 0.590. The summed E-state index contributed by atoms with van der Waals surface area (Å²) in [5.41, 5.74) is 2.21. The summed E-state index contributed by atoms with van der Waals surface area (Å²) in [4.78, 5) is 1.65. The molecule has 0 aliphatic heterocycles. The summed E-state index contributed by atoms with van der Waals surface area (Å²) in [6.45, 7) is 1.91. The molecule has 24 heavy (non-hydrogen) atoms. The van der Waals surface area contributed by atoms with Gasteiger partial charge in [0.25, 0.3) is 0 Å². The summed E-state index contributed by atoms with van der Waals surface area (Å²) >= 11 is 0. The van der Waals surface area contributed by atoms with Crippen molar-refractivity contribution in [2.75, 3.05) is 0 Å². The van der Waals surface area contributed by atoms with Gasteiger partial charge in [0, 0.05) is 10.3 Å². The Hall–Kier alpha value is -1.87. The Balaban J connectivity index is 1.80. The second-order valence-corrected chi connectivity index (χ2v) is 8.08. The molecule has 0 unspecified atom stereocenters. The highest BCUT2D eigenvalue weighted by molar-refractivity contribution is 7.85. The molecule has 0 radical (unpaired) electrons. The van der Waals surface area contributed by atoms with Gasteiger partial charge in [-0.25, -0.2) is 4.21 Å². The minimum absolute atomic E-state index is 0.636. The van der Waals surface area contributed by atoms with Crippen molar-refractivity contribution < 1.29 is 8.63 Å². The molecule has 4 rings (SSSR count). The molecule has 124 valence electrons. The zero-order chi connectivity index (χ0) is 16.5. The van der Waals surface area contributed by atoms with Crippen LogP contribution in [0.1, 0.15) is 49.3 Å². The van der Waals surface area contributed by atoms with Crippen molar-refractivity contribution in [1.29, 1.82) is 0 Å². The van der Waals surface area contributed by atoms with Gasteiger partial charge in [-0.2, -0.15) is 0 Å². The fourth-order valence-corrected chi connectivity index (χ4v) is 5.10. The van der Waals surface area contributed by atoms with Gasteiger partial charge in [-0.3, -0.25) is 0 Å². The van der Waals surface area contributed by atoms with E-state index in [1.54, 1.807) is 0 Å². The SMILES string of the molecule is Cc1oc2ccc(C3CCCCC3)cc2c1[S@@](=O)c1ccccc1. The molecule has 0 spiro atoms. The van der Waals surface area contributed by atoms with Crippen molar-refractivity contribution in [1.82, 2.24) is 0 Å². The van der Waals surface area contributed by atoms with Crippen molar-refractivity contribution in [2.24, 2.45) is 0 Å². The third-order valence-corrected chi connectivity index (χ3v) is 6.63. The standard InChI is InChI=1S/C21H22O2S/c1-15-21(24(22)18-10-6-3-7-11-18)19-14-17(12-13-20(19)23-15)16-8-4-2-5-9-16/h3,6-7,10-14,16H,2,4-5,8-9H2,1H3/t24-/m0/s1. The fraction of sp³-hybridized carbons (Fsp3) is 0.333. The predicted molar refractivity (Wildman–Crippen MR) is 97.9 cm³/mol. The van der Waals surface area contributed by atoms with Crippen molar-refractivity contribution in [3.63, 3.8) is 0 Å². The monoisotopic (exact) mass is 338 g/mol. The Morgan fingerprint density at radius 3 is 2.50 bits per heavy atom. The van der Waals surface area contributed by atoms with Gasteiger partial charge in [0.1, 0.15) is 11.3 Å². The molecule has 1 aliphatic rings. The highest BCUT2D eigenvalue weighted by Gasteiger charge is 2.21. The van der Waals surface area contributed by atoms with Crippen LogP contribution >= 0.6 is 0 Å². The topological polar surface area (TPSA) is 30.2 Å². The van der Waals surface area contributed by atoms with E-state index in [4.69, 9.17) is 4.42 Å². The molecule has 0 bridgehead atoms. The molecular formula is C21H22O2S. The molecule has 0 amide bonds. The maximum atomic E-state index is 13.1. The van der Waals surface area contributed by atoms with E-state index < -0.39 is 10.8 Å². The van der Waals surface area contributed by atoms with E-state index in [0.29, 0.717) is 5.92 Å². The van der Waals surface area contributed by atoms with Gasteiger partial charge < -0.3 is 4.42 Å². The van der Waals surface area contributed by atoms with E-state index >= 15 is 0 Å². The molecule has 3 heteroatoms. The van der Waals surface area contributed by atoms with E-state index in [1.165, 1.54) is 37.7 Å². The first-order valence-electron chi connectivity index (χ1n) is 8.74. The summed E-state index contributed by atoms with van der Waals surface area (Å²) < 4.78 is 19.0. The van der Waals surface area contributed by atoms with Crippen LogP contribution in [0.15, 0.2) is 62.7 Å². The van der Waals surface area contributed by atoms with Crippen LogP contribution in [0.25, 0.3) is 11.0 Å². The van der Waals surface area contributed by atoms with Gasteiger partial charge in [-0.05, 0) is 55.5 Å². The lowest BCUT2D eigenvalue weighted by atomic mass is 9.84. The van der Waals surface area contributed by atoms with Gasteiger partial charge in [0.15, 0.2) is 0 Å². The summed E-state index contributed by atoms with van der Waals surface area (Å²) in [6, 6.07) is 16.1. The van der Waals surface area contributed by atoms with Gasteiger partial charge in [-0.1, -0.05) is 43.5 Å². The molecule has 0 N–H and O–H groups in total. The van der Waals surface area contributed by atoms with Crippen LogP contribution in [0.3, 0.4) is 0 Å². The van der Waals surface area contributed by atoms with E-state index in [2.05, 4.69) is 18.2 Å². The molecule has 1 saturated carbocycles. The van der Waals surface area contributed by atoms with Gasteiger partial charge in [0.05, 0.1) is 15.7 Å². The molecule has 1 fully saturated rings. The Morgan fingerprint density at radius 2 is 1.75 bits per heavy atom. The molecule has 1 heterocycles. The van der Waals surface area contributed by atoms with Gasteiger partial charge in [0.2, 0.25) is 0 Å². The maximum Gasteiger partial charge on any atom is 0.135 e. The number of furan rings is 1. The van der Waals surface area contributed by atoms with Crippen LogP contribution in [0.5, 0.6) is 0 Å². The Kier molecular flexibility index (Phi) is 4.28. The summed E-state index contributed by atoms with van der Waals surface area (Å²) in [7, 11) is -1.21. The Bertz CT molecular complexity index is 873. The lowest BCUT2D eigenvalue weighted by Gasteiger charge is -2.21. The number of hydrogen-bond acceptors (Lipinski definition) is 2. The first-order chi connectivity index (χ1) is 11.7. The van der Waals surface area contributed by atoms with Crippen molar-refractivity contribution in [3.8, 4) is 0 Å². The van der Waals surface area contributed by atoms with E-state index in [0.717, 1.165) is 26.5 Å². The number of fused-ring (bicyclic) bond motifs is 1. The second-order valence-electron chi connectivity index (χ2n) is 6.66. The smallest absolute Gasteiger partial charge is 0.135 e. The third kappa shape index (κ3) is 2.82. The highest BCUT2D eigenvalue weighted by atomic mass is 32.2. The normalized spacial score (nSPS) is 17.2. The summed E-state index contributed by atoms with van der Waals surface area (Å²) in [6.07, 6.45) is 6.51. The van der Waals surface area contributed by atoms with Crippen LogP contribution in [0.2, 0.25) is 0 Å². The molecule has 1 aromatic heterocycles. The molecule has 0 saturated heterocycles. The van der Waals surface area contributed by atoms with Crippen molar-refractivity contribution >= 4 is 21.8 Å². The first-order valence-corrected chi connectivity index (χ1v) is 9.89. The van der Waals surface area contributed by atoms with E-state index in [9.17, 15) is 4.21 Å². The van der Waals surface area contributed by atoms with E-state index in [-0.39, 0.29) is 0 Å². The lowest BCUT2D eigenvalue weighted by molar-refractivity contribution is 0.444. The van der Waals surface area contributed by atoms with E-state index in [1.807, 2.05) is 37.3 Å². The highest BCUT2D eigenvalue weighted by Crippen LogP contribution is 2.37. The molecule has 2 aromatic carbocycles. The largest absolute Gasteiger partial charge is 0.460 e. The van der Waals surface area contributed by atoms with Gasteiger partial charge in [-0.15, -0.1) is 0 Å². The fourth-order valence-electron chi connectivity index (χ4n) is 3.80. The minimum Gasteiger partial charge on any atom is -0.460 e. The molecule has 1 aliphatic carbocycles. The molecule has 2 nitrogen and oxygen atoms in total. The van der Waals surface area contributed by atoms with Crippen LogP contribution in [-0.2, 0) is 10.8 Å². The number of aryl methyl sites for hydroxylation is 1. The van der Waals surface area contributed by atoms with Gasteiger partial charge >= 0.3 is 0 Å². The number of benzene rings is 2. The van der Waals surface area contributed by atoms with Crippen LogP contribution in [-0.4, -0.2) is 4.21 Å². The number of rotatable bonds is 3. The molecule has 1 atom stereocenters. The van der Waals surface area contributed by atoms with Crippen molar-refractivity contribution in [2.45, 2.75) is 54.7 Å². The number of hydrogen-bond donors (Lipinski definition) is 0. The Morgan fingerprint density at radius 1 is 1.00 bits per heavy atom. The lowest BCUT2D eigenvalue weighted by Crippen LogP contribution is -2.04. The second kappa shape index (κ2) is 6.56. The van der Waals surface area contributed by atoms with Crippen LogP contribution in [0, 0.1) is 6.92 Å². The van der Waals surface area contributed by atoms with Crippen molar-refractivity contribution in [3.05, 3.63) is 59.9 Å². The Labute approximate surface area is 145 Å². The predicted octanol–water partition coefficient (Wildman–Crippen LogP) is 5.96. The third-order valence-electron chi connectivity index (χ3n) is 5.05. The average molecular weight is 338 g/mol. The summed E-state index contributed by atoms with van der Waals surface area (Å²) in [5, 5.41) is 1.01. The first kappa shape index (κ1) is 15.6. The molecular weight excluding hydrogens is 316 g/mol. The molecule has 3 aromatic rings.